The fourth-order valence-corrected chi connectivity index (χ4v) is 10.1. The first kappa shape index (κ1) is 63.1. The SMILES string of the molecule is COC(=O)[C@H]1O[C@@H](Oc2ccc(C(C)(C)c3ccc(O[C@H]4O[C@@H](C(=O)OC)[C@H](OC(=O)c5ccccc5)[C@@H](OC(=O)c5ccccc5)[C@@H]4OC(=O)c4ccccc4)cc3)cc2)[C@H](OC(=O)c2ccccc2)[C@@H](OC(=O)c2ccccc2)[C@@H]1OC(=O)c1ccccc1. The van der Waals surface area contributed by atoms with Crippen molar-refractivity contribution in [1.82, 2.24) is 0 Å². The van der Waals surface area contributed by atoms with Crippen LogP contribution >= 0.6 is 0 Å². The molecular formula is C71H60O20. The molecule has 10 rings (SSSR count). The van der Waals surface area contributed by atoms with Gasteiger partial charge in [0.25, 0.3) is 0 Å². The van der Waals surface area contributed by atoms with Gasteiger partial charge in [0.1, 0.15) is 11.5 Å². The molecule has 2 aliphatic heterocycles. The highest BCUT2D eigenvalue weighted by Crippen LogP contribution is 2.38. The lowest BCUT2D eigenvalue weighted by atomic mass is 9.78. The van der Waals surface area contributed by atoms with Gasteiger partial charge in [-0.1, -0.05) is 147 Å². The van der Waals surface area contributed by atoms with E-state index in [0.29, 0.717) is 0 Å². The molecule has 464 valence electrons. The lowest BCUT2D eigenvalue weighted by Gasteiger charge is -2.43. The minimum absolute atomic E-state index is 0.0842. The van der Waals surface area contributed by atoms with Gasteiger partial charge < -0.3 is 56.8 Å². The van der Waals surface area contributed by atoms with Crippen molar-refractivity contribution in [1.29, 1.82) is 0 Å². The standard InChI is InChI=1S/C71H60O20/c1-71(2,49-35-39-51(40-36-49)82-69-59(88-65(76)47-31-19-9-20-32-47)55(86-63(74)45-27-15-7-16-28-45)53(57(90-69)67(78)80-3)84-61(72)43-23-11-5-12-24-43)50-37-41-52(42-38-50)83-70-60(89-66(77)48-33-21-10-22-34-48)56(87-64(75)46-29-17-8-18-30-46)54(58(91-70)68(79)81-4)85-62(73)44-25-13-6-14-26-44/h5-42,53-60,69-70H,1-4H3/t53-,54+,55-,56+,57-,58+,59+,60-,69+,70-. The monoisotopic (exact) mass is 1230 g/mol. The van der Waals surface area contributed by atoms with E-state index in [2.05, 4.69) is 0 Å². The predicted octanol–water partition coefficient (Wildman–Crippen LogP) is 9.92. The smallest absolute Gasteiger partial charge is 0.339 e. The largest absolute Gasteiger partial charge is 0.467 e. The molecule has 20 heteroatoms. The van der Waals surface area contributed by atoms with E-state index in [1.165, 1.54) is 72.8 Å². The van der Waals surface area contributed by atoms with Crippen LogP contribution in [0.1, 0.15) is 87.1 Å². The molecule has 0 saturated carbocycles. The van der Waals surface area contributed by atoms with Crippen LogP contribution in [0.4, 0.5) is 0 Å². The maximum Gasteiger partial charge on any atom is 0.339 e. The van der Waals surface area contributed by atoms with E-state index in [1.54, 1.807) is 158 Å². The maximum absolute atomic E-state index is 14.0. The van der Waals surface area contributed by atoms with Crippen molar-refractivity contribution in [2.24, 2.45) is 0 Å². The summed E-state index contributed by atoms with van der Waals surface area (Å²) in [5.41, 5.74) is 1.24. The number of esters is 8. The van der Waals surface area contributed by atoms with Crippen molar-refractivity contribution < 1.29 is 95.2 Å². The molecule has 0 amide bonds. The van der Waals surface area contributed by atoms with Gasteiger partial charge in [-0.25, -0.2) is 38.4 Å². The lowest BCUT2D eigenvalue weighted by molar-refractivity contribution is -0.270. The van der Waals surface area contributed by atoms with Gasteiger partial charge in [0, 0.05) is 5.41 Å². The molecule has 0 spiro atoms. The van der Waals surface area contributed by atoms with Crippen molar-refractivity contribution in [2.45, 2.75) is 80.7 Å². The molecule has 2 saturated heterocycles. The highest BCUT2D eigenvalue weighted by molar-refractivity contribution is 5.93. The van der Waals surface area contributed by atoms with E-state index in [0.717, 1.165) is 25.3 Å². The third kappa shape index (κ3) is 15.0. The van der Waals surface area contributed by atoms with Crippen molar-refractivity contribution in [3.8, 4) is 11.5 Å². The topological polar surface area (TPSA) is 247 Å². The van der Waals surface area contributed by atoms with Gasteiger partial charge in [0.05, 0.1) is 47.6 Å². The van der Waals surface area contributed by atoms with Crippen molar-refractivity contribution in [2.75, 3.05) is 14.2 Å². The van der Waals surface area contributed by atoms with Gasteiger partial charge in [0.15, 0.2) is 36.6 Å². The minimum Gasteiger partial charge on any atom is -0.467 e. The van der Waals surface area contributed by atoms with Gasteiger partial charge in [-0.15, -0.1) is 0 Å². The summed E-state index contributed by atoms with van der Waals surface area (Å²) >= 11 is 0. The van der Waals surface area contributed by atoms with Crippen molar-refractivity contribution in [3.05, 3.63) is 275 Å². The summed E-state index contributed by atoms with van der Waals surface area (Å²) in [7, 11) is 2.18. The normalized spacial score (nSPS) is 21.0. The summed E-state index contributed by atoms with van der Waals surface area (Å²) in [5, 5.41) is 0. The van der Waals surface area contributed by atoms with Gasteiger partial charge in [-0.05, 0) is 108 Å². The molecule has 91 heavy (non-hydrogen) atoms. The van der Waals surface area contributed by atoms with Crippen LogP contribution < -0.4 is 9.47 Å². The third-order valence-corrected chi connectivity index (χ3v) is 15.0. The Balaban J connectivity index is 0.939. The van der Waals surface area contributed by atoms with Gasteiger partial charge in [0.2, 0.25) is 24.8 Å². The maximum atomic E-state index is 14.0. The highest BCUT2D eigenvalue weighted by Gasteiger charge is 2.58. The fourth-order valence-electron chi connectivity index (χ4n) is 10.1. The van der Waals surface area contributed by atoms with E-state index in [4.69, 9.17) is 56.8 Å². The summed E-state index contributed by atoms with van der Waals surface area (Å²) < 4.78 is 72.1. The predicted molar refractivity (Wildman–Crippen MR) is 321 cm³/mol. The lowest BCUT2D eigenvalue weighted by Crippen LogP contribution is -2.64. The zero-order valence-corrected chi connectivity index (χ0v) is 49.4. The molecule has 8 aromatic rings. The minimum atomic E-state index is -1.80. The number of carbonyl (C=O) groups excluding carboxylic acids is 8. The zero-order chi connectivity index (χ0) is 64.0. The van der Waals surface area contributed by atoms with Gasteiger partial charge >= 0.3 is 47.8 Å². The Hall–Kier alpha value is -11.0. The van der Waals surface area contributed by atoms with Crippen molar-refractivity contribution in [3.63, 3.8) is 0 Å². The molecule has 2 aliphatic rings. The third-order valence-electron chi connectivity index (χ3n) is 15.0. The molecule has 0 unspecified atom stereocenters. The van der Waals surface area contributed by atoms with E-state index >= 15 is 0 Å². The summed E-state index contributed by atoms with van der Waals surface area (Å²) in [6.45, 7) is 3.89. The number of hydrogen-bond acceptors (Lipinski definition) is 20. The van der Waals surface area contributed by atoms with E-state index in [1.807, 2.05) is 13.8 Å². The molecule has 2 heterocycles. The quantitative estimate of drug-likeness (QED) is 0.0508. The average Bonchev–Trinajstić information content (AvgIpc) is 0.992. The van der Waals surface area contributed by atoms with Crippen LogP contribution in [0.2, 0.25) is 0 Å². The van der Waals surface area contributed by atoms with Crippen LogP contribution in [0.25, 0.3) is 0 Å². The van der Waals surface area contributed by atoms with Gasteiger partial charge in [-0.3, -0.25) is 0 Å². The number of methoxy groups -OCH3 is 2. The van der Waals surface area contributed by atoms with Crippen LogP contribution in [0, 0.1) is 0 Å². The zero-order valence-electron chi connectivity index (χ0n) is 49.4. The van der Waals surface area contributed by atoms with Gasteiger partial charge in [-0.2, -0.15) is 0 Å². The molecule has 0 radical (unpaired) electrons. The Kier molecular flexibility index (Phi) is 20.0. The van der Waals surface area contributed by atoms with E-state index < -0.39 is 115 Å². The highest BCUT2D eigenvalue weighted by atomic mass is 16.8. The summed E-state index contributed by atoms with van der Waals surface area (Å²) in [5.74, 6) is -7.27. The van der Waals surface area contributed by atoms with Crippen LogP contribution in [-0.4, -0.2) is 123 Å². The fraction of sp³-hybridized carbons (Fsp3) is 0.211. The molecule has 0 bridgehead atoms. The van der Waals surface area contributed by atoms with E-state index in [-0.39, 0.29) is 44.9 Å². The Morgan fingerprint density at radius 3 is 0.747 bits per heavy atom. The molecule has 8 aromatic carbocycles. The summed E-state index contributed by atoms with van der Waals surface area (Å²) in [6, 6.07) is 60.8. The number of carbonyl (C=O) groups is 8. The average molecular weight is 1230 g/mol. The molecule has 2 fully saturated rings. The molecular weight excluding hydrogens is 1170 g/mol. The second kappa shape index (κ2) is 28.9. The number of rotatable bonds is 20. The molecule has 0 aromatic heterocycles. The summed E-state index contributed by atoms with van der Waals surface area (Å²) in [4.78, 5) is 111. The first-order valence-electron chi connectivity index (χ1n) is 28.7. The molecule has 20 nitrogen and oxygen atoms in total. The van der Waals surface area contributed by atoms with Crippen LogP contribution in [-0.2, 0) is 62.4 Å². The second-order valence-electron chi connectivity index (χ2n) is 21.2. The number of benzene rings is 8. The molecule has 0 N–H and O–H groups in total. The molecule has 0 aliphatic carbocycles. The number of ether oxygens (including phenoxy) is 12. The molecule has 10 atom stereocenters. The van der Waals surface area contributed by atoms with Crippen LogP contribution in [0.15, 0.2) is 231 Å². The number of hydrogen-bond donors (Lipinski definition) is 0. The second-order valence-corrected chi connectivity index (χ2v) is 21.2. The first-order chi connectivity index (χ1) is 44.1. The summed E-state index contributed by atoms with van der Waals surface area (Å²) in [6.07, 6.45) is -17.5. The van der Waals surface area contributed by atoms with E-state index in [9.17, 15) is 38.4 Å². The Bertz CT molecular complexity index is 3570. The van der Waals surface area contributed by atoms with Crippen LogP contribution in [0.3, 0.4) is 0 Å². The van der Waals surface area contributed by atoms with Crippen LogP contribution in [0.5, 0.6) is 11.5 Å². The first-order valence-corrected chi connectivity index (χ1v) is 28.7. The Labute approximate surface area is 522 Å². The van der Waals surface area contributed by atoms with Crippen molar-refractivity contribution >= 4 is 47.8 Å². The Morgan fingerprint density at radius 2 is 0.516 bits per heavy atom. The Morgan fingerprint density at radius 1 is 0.297 bits per heavy atom.